The summed E-state index contributed by atoms with van der Waals surface area (Å²) in [6, 6.07) is 16.5. The summed E-state index contributed by atoms with van der Waals surface area (Å²) >= 11 is 6.39. The zero-order valence-corrected chi connectivity index (χ0v) is 15.7. The van der Waals surface area contributed by atoms with Gasteiger partial charge in [0, 0.05) is 50.2 Å². The van der Waals surface area contributed by atoms with Gasteiger partial charge in [0.25, 0.3) is 0 Å². The zero-order valence-electron chi connectivity index (χ0n) is 15.0. The summed E-state index contributed by atoms with van der Waals surface area (Å²) in [6.07, 6.45) is 1.95. The number of piperazine rings is 1. The maximum atomic E-state index is 6.39. The van der Waals surface area contributed by atoms with Crippen molar-refractivity contribution in [3.63, 3.8) is 0 Å². The Morgan fingerprint density at radius 3 is 2.58 bits per heavy atom. The van der Waals surface area contributed by atoms with E-state index in [9.17, 15) is 0 Å². The van der Waals surface area contributed by atoms with Crippen LogP contribution in [0, 0.1) is 6.92 Å². The van der Waals surface area contributed by atoms with Gasteiger partial charge in [-0.3, -0.25) is 4.90 Å². The number of hydrogen-bond acceptors (Lipinski definition) is 3. The number of aromatic nitrogens is 2. The standard InChI is InChI=1S/C21H23ClN4/c1-16-7-8-19(22)20(13-16)26-11-9-25(10-12-26)15-18-14-23-21(24-18)17-5-3-2-4-6-17/h2-8,13-14H,9-12,15H2,1H3,(H,23,24). The number of imidazole rings is 1. The molecule has 2 heterocycles. The van der Waals surface area contributed by atoms with E-state index in [1.165, 1.54) is 5.56 Å². The molecule has 0 amide bonds. The Balaban J connectivity index is 1.37. The lowest BCUT2D eigenvalue weighted by atomic mass is 10.2. The highest BCUT2D eigenvalue weighted by Crippen LogP contribution is 2.28. The molecule has 0 aliphatic carbocycles. The first-order valence-electron chi connectivity index (χ1n) is 9.02. The largest absolute Gasteiger partial charge is 0.368 e. The summed E-state index contributed by atoms with van der Waals surface area (Å²) in [5, 5.41) is 0.838. The Kier molecular flexibility index (Phi) is 4.96. The van der Waals surface area contributed by atoms with E-state index in [0.717, 1.165) is 60.5 Å². The summed E-state index contributed by atoms with van der Waals surface area (Å²) in [5.74, 6) is 0.936. The molecule has 0 bridgehead atoms. The number of aryl methyl sites for hydroxylation is 1. The number of anilines is 1. The molecule has 1 N–H and O–H groups in total. The quantitative estimate of drug-likeness (QED) is 0.745. The van der Waals surface area contributed by atoms with Crippen LogP contribution in [-0.2, 0) is 6.54 Å². The second kappa shape index (κ2) is 7.52. The molecule has 1 saturated heterocycles. The minimum Gasteiger partial charge on any atom is -0.368 e. The van der Waals surface area contributed by atoms with Gasteiger partial charge in [0.15, 0.2) is 0 Å². The SMILES string of the molecule is Cc1ccc(Cl)c(N2CCN(Cc3cnc(-c4ccccc4)[nH]3)CC2)c1. The van der Waals surface area contributed by atoms with Crippen LogP contribution in [-0.4, -0.2) is 41.0 Å². The Morgan fingerprint density at radius 1 is 1.04 bits per heavy atom. The van der Waals surface area contributed by atoms with E-state index in [1.54, 1.807) is 0 Å². The van der Waals surface area contributed by atoms with Crippen molar-refractivity contribution in [3.05, 3.63) is 71.0 Å². The van der Waals surface area contributed by atoms with Crippen LogP contribution in [0.25, 0.3) is 11.4 Å². The van der Waals surface area contributed by atoms with E-state index in [0.29, 0.717) is 0 Å². The third kappa shape index (κ3) is 3.76. The normalized spacial score (nSPS) is 15.4. The molecule has 0 saturated carbocycles. The molecule has 1 aliphatic rings. The number of H-pyrrole nitrogens is 1. The first kappa shape index (κ1) is 17.1. The molecule has 0 atom stereocenters. The maximum Gasteiger partial charge on any atom is 0.137 e. The third-order valence-electron chi connectivity index (χ3n) is 4.88. The molecule has 1 aromatic heterocycles. The highest BCUT2D eigenvalue weighted by atomic mass is 35.5. The minimum atomic E-state index is 0.838. The van der Waals surface area contributed by atoms with Crippen molar-refractivity contribution in [1.82, 2.24) is 14.9 Å². The van der Waals surface area contributed by atoms with Gasteiger partial charge in [0.2, 0.25) is 0 Å². The van der Waals surface area contributed by atoms with Gasteiger partial charge >= 0.3 is 0 Å². The predicted molar refractivity (Wildman–Crippen MR) is 108 cm³/mol. The minimum absolute atomic E-state index is 0.838. The summed E-state index contributed by atoms with van der Waals surface area (Å²) in [7, 11) is 0. The molecule has 1 aliphatic heterocycles. The average Bonchev–Trinajstić information content (AvgIpc) is 3.14. The van der Waals surface area contributed by atoms with Crippen molar-refractivity contribution in [2.45, 2.75) is 13.5 Å². The molecule has 5 heteroatoms. The van der Waals surface area contributed by atoms with Gasteiger partial charge in [-0.2, -0.15) is 0 Å². The number of rotatable bonds is 4. The van der Waals surface area contributed by atoms with Crippen molar-refractivity contribution in [2.75, 3.05) is 31.1 Å². The first-order valence-corrected chi connectivity index (χ1v) is 9.39. The van der Waals surface area contributed by atoms with Crippen molar-refractivity contribution in [3.8, 4) is 11.4 Å². The monoisotopic (exact) mass is 366 g/mol. The van der Waals surface area contributed by atoms with Crippen LogP contribution >= 0.6 is 11.6 Å². The van der Waals surface area contributed by atoms with E-state index in [4.69, 9.17) is 11.6 Å². The first-order chi connectivity index (χ1) is 12.7. The van der Waals surface area contributed by atoms with Gasteiger partial charge < -0.3 is 9.88 Å². The predicted octanol–water partition coefficient (Wildman–Crippen LogP) is 4.36. The van der Waals surface area contributed by atoms with Crippen molar-refractivity contribution in [2.24, 2.45) is 0 Å². The Morgan fingerprint density at radius 2 is 1.81 bits per heavy atom. The number of halogens is 1. The number of nitrogens with one attached hydrogen (secondary N) is 1. The second-order valence-electron chi connectivity index (χ2n) is 6.84. The van der Waals surface area contributed by atoms with E-state index in [-0.39, 0.29) is 0 Å². The molecule has 4 nitrogen and oxygen atoms in total. The van der Waals surface area contributed by atoms with Crippen LogP contribution in [0.4, 0.5) is 5.69 Å². The Hall–Kier alpha value is -2.30. The van der Waals surface area contributed by atoms with Crippen LogP contribution in [0.3, 0.4) is 0 Å². The van der Waals surface area contributed by atoms with Crippen molar-refractivity contribution < 1.29 is 0 Å². The molecule has 0 unspecified atom stereocenters. The van der Waals surface area contributed by atoms with Gasteiger partial charge in [-0.05, 0) is 24.6 Å². The van der Waals surface area contributed by atoms with Crippen LogP contribution in [0.15, 0.2) is 54.7 Å². The van der Waals surface area contributed by atoms with E-state index >= 15 is 0 Å². The van der Waals surface area contributed by atoms with Gasteiger partial charge in [0.1, 0.15) is 5.82 Å². The lowest BCUT2D eigenvalue weighted by Crippen LogP contribution is -2.46. The molecule has 26 heavy (non-hydrogen) atoms. The van der Waals surface area contributed by atoms with Crippen LogP contribution < -0.4 is 4.90 Å². The molecule has 2 aromatic carbocycles. The lowest BCUT2D eigenvalue weighted by Gasteiger charge is -2.36. The molecule has 3 aromatic rings. The summed E-state index contributed by atoms with van der Waals surface area (Å²) in [6.45, 7) is 7.02. The Bertz CT molecular complexity index is 867. The smallest absolute Gasteiger partial charge is 0.137 e. The zero-order chi connectivity index (χ0) is 17.9. The fourth-order valence-electron chi connectivity index (χ4n) is 3.44. The molecule has 134 valence electrons. The molecule has 1 fully saturated rings. The Labute approximate surface area is 159 Å². The second-order valence-corrected chi connectivity index (χ2v) is 7.25. The maximum absolute atomic E-state index is 6.39. The molecule has 4 rings (SSSR count). The summed E-state index contributed by atoms with van der Waals surface area (Å²) in [5.41, 5.74) is 4.68. The third-order valence-corrected chi connectivity index (χ3v) is 5.20. The fourth-order valence-corrected chi connectivity index (χ4v) is 3.67. The molecule has 0 spiro atoms. The molecular formula is C21H23ClN4. The molecular weight excluding hydrogens is 344 g/mol. The average molecular weight is 367 g/mol. The van der Waals surface area contributed by atoms with Crippen LogP contribution in [0.2, 0.25) is 5.02 Å². The van der Waals surface area contributed by atoms with Crippen LogP contribution in [0.1, 0.15) is 11.3 Å². The number of nitrogens with zero attached hydrogens (tertiary/aromatic N) is 3. The summed E-state index contributed by atoms with van der Waals surface area (Å²) < 4.78 is 0. The van der Waals surface area contributed by atoms with Crippen molar-refractivity contribution in [1.29, 1.82) is 0 Å². The van der Waals surface area contributed by atoms with E-state index in [1.807, 2.05) is 30.5 Å². The van der Waals surface area contributed by atoms with Gasteiger partial charge in [-0.25, -0.2) is 4.98 Å². The van der Waals surface area contributed by atoms with Gasteiger partial charge in [-0.15, -0.1) is 0 Å². The number of benzene rings is 2. The molecule has 0 radical (unpaired) electrons. The topological polar surface area (TPSA) is 35.2 Å². The number of aromatic amines is 1. The fraction of sp³-hybridized carbons (Fsp3) is 0.286. The highest BCUT2D eigenvalue weighted by Gasteiger charge is 2.19. The highest BCUT2D eigenvalue weighted by molar-refractivity contribution is 6.33. The van der Waals surface area contributed by atoms with E-state index < -0.39 is 0 Å². The van der Waals surface area contributed by atoms with Gasteiger partial charge in [-0.1, -0.05) is 48.0 Å². The number of hydrogen-bond donors (Lipinski definition) is 1. The van der Waals surface area contributed by atoms with E-state index in [2.05, 4.69) is 51.0 Å². The van der Waals surface area contributed by atoms with Gasteiger partial charge in [0.05, 0.1) is 10.7 Å². The van der Waals surface area contributed by atoms with Crippen LogP contribution in [0.5, 0.6) is 0 Å². The summed E-state index contributed by atoms with van der Waals surface area (Å²) in [4.78, 5) is 12.8. The lowest BCUT2D eigenvalue weighted by molar-refractivity contribution is 0.247. The van der Waals surface area contributed by atoms with Crippen molar-refractivity contribution >= 4 is 17.3 Å².